The lowest BCUT2D eigenvalue weighted by molar-refractivity contribution is 0.0983. The van der Waals surface area contributed by atoms with Gasteiger partial charge in [-0.3, -0.25) is 24.2 Å². The van der Waals surface area contributed by atoms with Gasteiger partial charge in [0.2, 0.25) is 5.43 Å². The summed E-state index contributed by atoms with van der Waals surface area (Å²) in [6.45, 7) is 3.78. The number of Topliss-reactive ketones (excluding diaryl/α,β-unsaturated/α-hetero) is 1. The Hall–Kier alpha value is -5.12. The number of pyridine rings is 2. The number of methoxy groups -OCH3 is 2. The third-order valence-corrected chi connectivity index (χ3v) is 6.46. The van der Waals surface area contributed by atoms with Crippen molar-refractivity contribution < 1.29 is 23.4 Å². The number of hydrogen-bond donors (Lipinski definition) is 0. The maximum absolute atomic E-state index is 13.5. The fraction of sp³-hybridized carbons (Fsp3) is 0.194. The molecule has 3 aromatic heterocycles. The number of rotatable bonds is 9. The van der Waals surface area contributed by atoms with Gasteiger partial charge in [0.25, 0.3) is 0 Å². The highest BCUT2D eigenvalue weighted by Gasteiger charge is 2.20. The highest BCUT2D eigenvalue weighted by atomic mass is 19.1. The second-order valence-electron chi connectivity index (χ2n) is 9.52. The Morgan fingerprint density at radius 2 is 1.68 bits per heavy atom. The van der Waals surface area contributed by atoms with E-state index >= 15 is 0 Å². The average Bonchev–Trinajstić information content (AvgIpc) is 2.98. The second kappa shape index (κ2) is 11.5. The number of carbonyl (C=O) groups is 1. The van der Waals surface area contributed by atoms with Gasteiger partial charge in [-0.05, 0) is 55.8 Å². The number of ether oxygens (including phenoxy) is 3. The molecule has 0 N–H and O–H groups in total. The zero-order valence-electron chi connectivity index (χ0n) is 22.9. The van der Waals surface area contributed by atoms with Gasteiger partial charge < -0.3 is 14.2 Å². The van der Waals surface area contributed by atoms with E-state index in [0.717, 1.165) is 5.39 Å². The van der Waals surface area contributed by atoms with Crippen LogP contribution >= 0.6 is 0 Å². The van der Waals surface area contributed by atoms with Crippen LogP contribution in [-0.2, 0) is 6.42 Å². The molecule has 9 nitrogen and oxygen atoms in total. The highest BCUT2D eigenvalue weighted by molar-refractivity contribution is 5.96. The molecule has 3 heterocycles. The minimum atomic E-state index is -0.518. The predicted molar refractivity (Wildman–Crippen MR) is 151 cm³/mol. The molecule has 0 saturated carbocycles. The maximum Gasteiger partial charge on any atom is 0.219 e. The summed E-state index contributed by atoms with van der Waals surface area (Å²) in [7, 11) is 3.11. The highest BCUT2D eigenvalue weighted by Crippen LogP contribution is 2.36. The molecule has 0 bridgehead atoms. The summed E-state index contributed by atoms with van der Waals surface area (Å²) in [4.78, 5) is 35.3. The van der Waals surface area contributed by atoms with Crippen LogP contribution in [0.25, 0.3) is 22.0 Å². The van der Waals surface area contributed by atoms with Crippen molar-refractivity contribution in [2.24, 2.45) is 0 Å². The maximum atomic E-state index is 13.5. The molecule has 10 heteroatoms. The zero-order valence-corrected chi connectivity index (χ0v) is 22.9. The van der Waals surface area contributed by atoms with E-state index < -0.39 is 17.0 Å². The van der Waals surface area contributed by atoms with Gasteiger partial charge in [0.05, 0.1) is 32.4 Å². The first-order chi connectivity index (χ1) is 19.8. The molecular formula is C31H27FN4O5. The Bertz CT molecular complexity index is 1780. The lowest BCUT2D eigenvalue weighted by Gasteiger charge is -2.14. The third-order valence-electron chi connectivity index (χ3n) is 6.46. The molecule has 5 rings (SSSR count). The Morgan fingerprint density at radius 3 is 2.34 bits per heavy atom. The van der Waals surface area contributed by atoms with Crippen LogP contribution in [0.5, 0.6) is 23.0 Å². The summed E-state index contributed by atoms with van der Waals surface area (Å²) in [5, 5.41) is 5.02. The molecular weight excluding hydrogens is 527 g/mol. The van der Waals surface area contributed by atoms with Crippen LogP contribution in [0.3, 0.4) is 0 Å². The lowest BCUT2D eigenvalue weighted by Crippen LogP contribution is -2.25. The standard InChI is InChI=1S/C31H27FN4O5/c1-18(2)36-17-24(19-5-7-20(32)8-6-19)31(38)30(35-36)26(37)13-21-9-10-22(16-34-21)41-27-11-12-33-25-15-29(40-4)28(39-3)14-23(25)27/h5-12,14-18H,13H2,1-4H3. The van der Waals surface area contributed by atoms with E-state index in [0.29, 0.717) is 39.8 Å². The first-order valence-corrected chi connectivity index (χ1v) is 12.8. The summed E-state index contributed by atoms with van der Waals surface area (Å²) in [5.74, 6) is 1.19. The third kappa shape index (κ3) is 5.76. The van der Waals surface area contributed by atoms with Gasteiger partial charge in [-0.2, -0.15) is 5.10 Å². The van der Waals surface area contributed by atoms with E-state index in [1.165, 1.54) is 30.5 Å². The number of carbonyl (C=O) groups excluding carboxylic acids is 1. The molecule has 0 spiro atoms. The minimum Gasteiger partial charge on any atom is -0.493 e. The van der Waals surface area contributed by atoms with Gasteiger partial charge >= 0.3 is 0 Å². The Balaban J connectivity index is 1.39. The smallest absolute Gasteiger partial charge is 0.219 e. The summed E-state index contributed by atoms with van der Waals surface area (Å²) in [5.41, 5.74) is 1.16. The molecule has 41 heavy (non-hydrogen) atoms. The zero-order chi connectivity index (χ0) is 29.1. The SMILES string of the molecule is COc1cc2nccc(Oc3ccc(CC(=O)c4nn(C(C)C)cc(-c5ccc(F)cc5)c4=O)nc3)c2cc1OC. The number of benzene rings is 2. The lowest BCUT2D eigenvalue weighted by atomic mass is 10.0. The van der Waals surface area contributed by atoms with Crippen molar-refractivity contribution in [3.8, 4) is 34.1 Å². The molecule has 0 saturated heterocycles. The van der Waals surface area contributed by atoms with Gasteiger partial charge in [0, 0.05) is 41.1 Å². The van der Waals surface area contributed by atoms with Crippen molar-refractivity contribution in [2.45, 2.75) is 26.3 Å². The van der Waals surface area contributed by atoms with E-state index in [1.807, 2.05) is 13.8 Å². The predicted octanol–water partition coefficient (Wildman–Crippen LogP) is 5.81. The van der Waals surface area contributed by atoms with Gasteiger partial charge in [0.15, 0.2) is 23.0 Å². The molecule has 0 fully saturated rings. The van der Waals surface area contributed by atoms with E-state index in [-0.39, 0.29) is 23.7 Å². The van der Waals surface area contributed by atoms with Crippen molar-refractivity contribution in [3.05, 3.63) is 101 Å². The molecule has 0 aliphatic carbocycles. The van der Waals surface area contributed by atoms with E-state index in [1.54, 1.807) is 61.6 Å². The molecule has 0 amide bonds. The van der Waals surface area contributed by atoms with Crippen molar-refractivity contribution >= 4 is 16.7 Å². The normalized spacial score (nSPS) is 11.1. The Morgan fingerprint density at radius 1 is 0.951 bits per heavy atom. The molecule has 0 aliphatic rings. The molecule has 0 radical (unpaired) electrons. The Kier molecular flexibility index (Phi) is 7.73. The first kappa shape index (κ1) is 27.4. The quantitative estimate of drug-likeness (QED) is 0.210. The number of hydrogen-bond acceptors (Lipinski definition) is 8. The van der Waals surface area contributed by atoms with Crippen molar-refractivity contribution in [2.75, 3.05) is 14.2 Å². The van der Waals surface area contributed by atoms with E-state index in [9.17, 15) is 14.0 Å². The monoisotopic (exact) mass is 554 g/mol. The van der Waals surface area contributed by atoms with Gasteiger partial charge in [-0.1, -0.05) is 12.1 Å². The van der Waals surface area contributed by atoms with Gasteiger partial charge in [-0.25, -0.2) is 4.39 Å². The summed E-state index contributed by atoms with van der Waals surface area (Å²) in [6, 6.07) is 14.1. The van der Waals surface area contributed by atoms with Crippen LogP contribution in [-0.4, -0.2) is 39.8 Å². The van der Waals surface area contributed by atoms with Crippen molar-refractivity contribution in [1.29, 1.82) is 0 Å². The number of aromatic nitrogens is 4. The number of ketones is 1. The van der Waals surface area contributed by atoms with Crippen LogP contribution < -0.4 is 19.6 Å². The first-order valence-electron chi connectivity index (χ1n) is 12.8. The number of halogens is 1. The molecule has 0 unspecified atom stereocenters. The molecule has 208 valence electrons. The average molecular weight is 555 g/mol. The molecule has 2 aromatic carbocycles. The number of nitrogens with zero attached hydrogens (tertiary/aromatic N) is 4. The van der Waals surface area contributed by atoms with Gasteiger partial charge in [-0.15, -0.1) is 0 Å². The Labute approximate surface area is 235 Å². The second-order valence-corrected chi connectivity index (χ2v) is 9.52. The summed E-state index contributed by atoms with van der Waals surface area (Å²) in [6.07, 6.45) is 4.57. The van der Waals surface area contributed by atoms with E-state index in [4.69, 9.17) is 14.2 Å². The summed E-state index contributed by atoms with van der Waals surface area (Å²) < 4.78 is 31.8. The van der Waals surface area contributed by atoms with Crippen LogP contribution in [0.2, 0.25) is 0 Å². The molecule has 0 aliphatic heterocycles. The van der Waals surface area contributed by atoms with Crippen LogP contribution in [0.1, 0.15) is 36.1 Å². The summed E-state index contributed by atoms with van der Waals surface area (Å²) >= 11 is 0. The molecule has 5 aromatic rings. The fourth-order valence-corrected chi connectivity index (χ4v) is 4.28. The fourth-order valence-electron chi connectivity index (χ4n) is 4.28. The topological polar surface area (TPSA) is 105 Å². The van der Waals surface area contributed by atoms with Crippen LogP contribution in [0, 0.1) is 5.82 Å². The molecule has 0 atom stereocenters. The van der Waals surface area contributed by atoms with Gasteiger partial charge in [0.1, 0.15) is 17.3 Å². The van der Waals surface area contributed by atoms with Crippen LogP contribution in [0.4, 0.5) is 4.39 Å². The van der Waals surface area contributed by atoms with Crippen LogP contribution in [0.15, 0.2) is 78.0 Å². The van der Waals surface area contributed by atoms with Crippen molar-refractivity contribution in [3.63, 3.8) is 0 Å². The largest absolute Gasteiger partial charge is 0.493 e. The van der Waals surface area contributed by atoms with E-state index in [2.05, 4.69) is 15.1 Å². The minimum absolute atomic E-state index is 0.110. The number of fused-ring (bicyclic) bond motifs is 1. The van der Waals surface area contributed by atoms with Crippen molar-refractivity contribution in [1.82, 2.24) is 19.7 Å².